The third-order valence-electron chi connectivity index (χ3n) is 6.24. The van der Waals surface area contributed by atoms with Gasteiger partial charge in [0.25, 0.3) is 0 Å². The number of carbonyl (C=O) groups is 2. The second-order valence-corrected chi connectivity index (χ2v) is 8.05. The van der Waals surface area contributed by atoms with Crippen LogP contribution in [0.3, 0.4) is 0 Å². The zero-order valence-electron chi connectivity index (χ0n) is 16.9. The smallest absolute Gasteiger partial charge is 0.228 e. The molecule has 5 nitrogen and oxygen atoms in total. The zero-order chi connectivity index (χ0) is 20.5. The standard InChI is InChI=1S/C25H25N3O2/c29-24-17-20(18-28(24)23-12-6-8-19-7-4-5-11-22(19)23)25(30)27-15-13-26(14-16-27)21-9-2-1-3-10-21/h1-12,20H,13-18H2. The molecule has 1 atom stereocenters. The van der Waals surface area contributed by atoms with Crippen LogP contribution in [0.2, 0.25) is 0 Å². The Bertz CT molecular complexity index is 1070. The average molecular weight is 399 g/mol. The van der Waals surface area contributed by atoms with Crippen LogP contribution in [-0.2, 0) is 9.59 Å². The fourth-order valence-corrected chi connectivity index (χ4v) is 4.63. The molecule has 0 spiro atoms. The Hall–Kier alpha value is -3.34. The molecule has 3 aromatic rings. The van der Waals surface area contributed by atoms with Crippen molar-refractivity contribution in [1.29, 1.82) is 0 Å². The highest BCUT2D eigenvalue weighted by atomic mass is 16.2. The third-order valence-corrected chi connectivity index (χ3v) is 6.24. The number of para-hydroxylation sites is 1. The van der Waals surface area contributed by atoms with Gasteiger partial charge in [-0.1, -0.05) is 54.6 Å². The van der Waals surface area contributed by atoms with Crippen molar-refractivity contribution in [1.82, 2.24) is 4.90 Å². The summed E-state index contributed by atoms with van der Waals surface area (Å²) in [5, 5.41) is 2.16. The van der Waals surface area contributed by atoms with Gasteiger partial charge in [0.1, 0.15) is 0 Å². The lowest BCUT2D eigenvalue weighted by molar-refractivity contribution is -0.136. The summed E-state index contributed by atoms with van der Waals surface area (Å²) < 4.78 is 0. The number of carbonyl (C=O) groups excluding carboxylic acids is 2. The summed E-state index contributed by atoms with van der Waals surface area (Å²) in [7, 11) is 0. The summed E-state index contributed by atoms with van der Waals surface area (Å²) in [4.78, 5) is 32.0. The highest BCUT2D eigenvalue weighted by Crippen LogP contribution is 2.32. The number of piperazine rings is 1. The maximum Gasteiger partial charge on any atom is 0.228 e. The fraction of sp³-hybridized carbons (Fsp3) is 0.280. The predicted octanol–water partition coefficient (Wildman–Crippen LogP) is 3.54. The first kappa shape index (κ1) is 18.7. The molecule has 2 fully saturated rings. The van der Waals surface area contributed by atoms with Crippen molar-refractivity contribution in [2.24, 2.45) is 5.92 Å². The van der Waals surface area contributed by atoms with Gasteiger partial charge >= 0.3 is 0 Å². The van der Waals surface area contributed by atoms with Gasteiger partial charge in [-0.3, -0.25) is 9.59 Å². The van der Waals surface area contributed by atoms with Crippen LogP contribution < -0.4 is 9.80 Å². The molecule has 0 aromatic heterocycles. The molecule has 30 heavy (non-hydrogen) atoms. The molecule has 3 aromatic carbocycles. The number of benzene rings is 3. The van der Waals surface area contributed by atoms with Gasteiger partial charge in [0, 0.05) is 50.2 Å². The van der Waals surface area contributed by atoms with Crippen molar-refractivity contribution < 1.29 is 9.59 Å². The van der Waals surface area contributed by atoms with E-state index in [9.17, 15) is 9.59 Å². The van der Waals surface area contributed by atoms with E-state index in [0.717, 1.165) is 29.5 Å². The lowest BCUT2D eigenvalue weighted by Gasteiger charge is -2.37. The van der Waals surface area contributed by atoms with Crippen molar-refractivity contribution in [3.05, 3.63) is 72.8 Å². The number of fused-ring (bicyclic) bond motifs is 1. The molecular weight excluding hydrogens is 374 g/mol. The van der Waals surface area contributed by atoms with Gasteiger partial charge in [0.2, 0.25) is 11.8 Å². The van der Waals surface area contributed by atoms with Crippen molar-refractivity contribution in [3.63, 3.8) is 0 Å². The highest BCUT2D eigenvalue weighted by Gasteiger charge is 2.38. The molecule has 0 bridgehead atoms. The molecule has 5 heteroatoms. The van der Waals surface area contributed by atoms with Crippen LogP contribution in [0.25, 0.3) is 10.8 Å². The summed E-state index contributed by atoms with van der Waals surface area (Å²) in [5.41, 5.74) is 2.10. The molecule has 2 saturated heterocycles. The second kappa shape index (κ2) is 7.82. The Morgan fingerprint density at radius 1 is 0.800 bits per heavy atom. The molecule has 2 aliphatic rings. The summed E-state index contributed by atoms with van der Waals surface area (Å²) in [6, 6.07) is 24.4. The van der Waals surface area contributed by atoms with Crippen LogP contribution >= 0.6 is 0 Å². The minimum Gasteiger partial charge on any atom is -0.368 e. The molecule has 0 saturated carbocycles. The van der Waals surface area contributed by atoms with E-state index in [1.54, 1.807) is 4.90 Å². The number of rotatable bonds is 3. The minimum atomic E-state index is -0.264. The molecule has 2 heterocycles. The maximum absolute atomic E-state index is 13.2. The normalized spacial score (nSPS) is 19.5. The maximum atomic E-state index is 13.2. The lowest BCUT2D eigenvalue weighted by atomic mass is 10.1. The molecule has 0 aliphatic carbocycles. The number of amides is 2. The molecule has 0 radical (unpaired) electrons. The number of anilines is 2. The van der Waals surface area contributed by atoms with Gasteiger partial charge in [-0.15, -0.1) is 0 Å². The van der Waals surface area contributed by atoms with Crippen LogP contribution in [0.1, 0.15) is 6.42 Å². The van der Waals surface area contributed by atoms with E-state index in [-0.39, 0.29) is 17.7 Å². The molecule has 1 unspecified atom stereocenters. The lowest BCUT2D eigenvalue weighted by Crippen LogP contribution is -2.50. The number of hydrogen-bond donors (Lipinski definition) is 0. The fourth-order valence-electron chi connectivity index (χ4n) is 4.63. The number of hydrogen-bond acceptors (Lipinski definition) is 3. The molecule has 2 aliphatic heterocycles. The van der Waals surface area contributed by atoms with E-state index in [2.05, 4.69) is 17.0 Å². The first-order valence-corrected chi connectivity index (χ1v) is 10.6. The SMILES string of the molecule is O=C(C1CC(=O)N(c2cccc3ccccc23)C1)N1CCN(c2ccccc2)CC1. The molecule has 5 rings (SSSR count). The molecular formula is C25H25N3O2. The van der Waals surface area contributed by atoms with E-state index in [1.165, 1.54) is 5.69 Å². The Morgan fingerprint density at radius 2 is 1.50 bits per heavy atom. The van der Waals surface area contributed by atoms with Crippen molar-refractivity contribution in [2.45, 2.75) is 6.42 Å². The van der Waals surface area contributed by atoms with Gasteiger partial charge < -0.3 is 14.7 Å². The van der Waals surface area contributed by atoms with E-state index in [4.69, 9.17) is 0 Å². The predicted molar refractivity (Wildman–Crippen MR) is 120 cm³/mol. The Balaban J connectivity index is 1.27. The van der Waals surface area contributed by atoms with Gasteiger partial charge in [-0.2, -0.15) is 0 Å². The average Bonchev–Trinajstić information content (AvgIpc) is 3.20. The number of nitrogens with zero attached hydrogens (tertiary/aromatic N) is 3. The quantitative estimate of drug-likeness (QED) is 0.677. The van der Waals surface area contributed by atoms with Crippen LogP contribution in [-0.4, -0.2) is 49.4 Å². The van der Waals surface area contributed by atoms with E-state index in [0.29, 0.717) is 26.1 Å². The Kier molecular flexibility index (Phi) is 4.87. The summed E-state index contributed by atoms with van der Waals surface area (Å²) in [6.07, 6.45) is 0.293. The first-order valence-electron chi connectivity index (χ1n) is 10.6. The van der Waals surface area contributed by atoms with E-state index >= 15 is 0 Å². The van der Waals surface area contributed by atoms with Crippen molar-refractivity contribution in [3.8, 4) is 0 Å². The van der Waals surface area contributed by atoms with Crippen molar-refractivity contribution in [2.75, 3.05) is 42.5 Å². The topological polar surface area (TPSA) is 43.9 Å². The Morgan fingerprint density at radius 3 is 2.30 bits per heavy atom. The van der Waals surface area contributed by atoms with Crippen LogP contribution in [0.4, 0.5) is 11.4 Å². The summed E-state index contributed by atoms with van der Waals surface area (Å²) >= 11 is 0. The van der Waals surface area contributed by atoms with Crippen LogP contribution in [0.5, 0.6) is 0 Å². The van der Waals surface area contributed by atoms with Crippen LogP contribution in [0, 0.1) is 5.92 Å². The monoisotopic (exact) mass is 399 g/mol. The van der Waals surface area contributed by atoms with Crippen molar-refractivity contribution >= 4 is 34.0 Å². The third kappa shape index (κ3) is 3.41. The first-order chi connectivity index (χ1) is 14.7. The van der Waals surface area contributed by atoms with Gasteiger partial charge in [0.05, 0.1) is 11.6 Å². The minimum absolute atomic E-state index is 0.0348. The molecule has 152 valence electrons. The molecule has 2 amide bonds. The highest BCUT2D eigenvalue weighted by molar-refractivity contribution is 6.07. The van der Waals surface area contributed by atoms with Gasteiger partial charge in [-0.05, 0) is 23.6 Å². The van der Waals surface area contributed by atoms with E-state index < -0.39 is 0 Å². The van der Waals surface area contributed by atoms with Gasteiger partial charge in [-0.25, -0.2) is 0 Å². The summed E-state index contributed by atoms with van der Waals surface area (Å²) in [5.74, 6) is -0.119. The summed E-state index contributed by atoms with van der Waals surface area (Å²) in [6.45, 7) is 3.51. The molecule has 0 N–H and O–H groups in total. The zero-order valence-corrected chi connectivity index (χ0v) is 16.9. The van der Waals surface area contributed by atoms with Gasteiger partial charge in [0.15, 0.2) is 0 Å². The van der Waals surface area contributed by atoms with E-state index in [1.807, 2.05) is 65.6 Å². The Labute approximate surface area is 176 Å². The van der Waals surface area contributed by atoms with Crippen LogP contribution in [0.15, 0.2) is 72.8 Å². The largest absolute Gasteiger partial charge is 0.368 e. The second-order valence-electron chi connectivity index (χ2n) is 8.05.